The summed E-state index contributed by atoms with van der Waals surface area (Å²) in [5, 5.41) is 8.25. The van der Waals surface area contributed by atoms with Crippen molar-refractivity contribution in [3.8, 4) is 33.6 Å². The molecule has 0 amide bonds. The van der Waals surface area contributed by atoms with Crippen LogP contribution in [0.4, 0.5) is 5.82 Å². The van der Waals surface area contributed by atoms with E-state index in [2.05, 4.69) is 80.7 Å². The van der Waals surface area contributed by atoms with Crippen molar-refractivity contribution < 1.29 is 4.74 Å². The van der Waals surface area contributed by atoms with Gasteiger partial charge < -0.3 is 9.64 Å². The highest BCUT2D eigenvalue weighted by molar-refractivity contribution is 6.04. The molecule has 1 N–H and O–H groups in total. The molecule has 5 aromatic rings. The second kappa shape index (κ2) is 8.48. The number of hydrogen-bond acceptors (Lipinski definition) is 5. The second-order valence-corrected chi connectivity index (χ2v) is 8.07. The van der Waals surface area contributed by atoms with Gasteiger partial charge in [0, 0.05) is 30.9 Å². The topological polar surface area (TPSA) is 66.9 Å². The fraction of sp³-hybridized carbons (Fsp3) is 0.148. The number of anilines is 1. The summed E-state index contributed by atoms with van der Waals surface area (Å²) in [6.07, 6.45) is 3.59. The monoisotopic (exact) mass is 433 g/mol. The first-order valence-electron chi connectivity index (χ1n) is 11.2. The average molecular weight is 434 g/mol. The van der Waals surface area contributed by atoms with Crippen molar-refractivity contribution in [1.82, 2.24) is 20.2 Å². The molecule has 162 valence electrons. The van der Waals surface area contributed by atoms with Crippen molar-refractivity contribution in [3.63, 3.8) is 0 Å². The average Bonchev–Trinajstić information content (AvgIpc) is 3.44. The molecule has 0 radical (unpaired) electrons. The summed E-state index contributed by atoms with van der Waals surface area (Å²) in [6.45, 7) is 3.04. The molecule has 3 aromatic heterocycles. The third kappa shape index (κ3) is 3.64. The quantitative estimate of drug-likeness (QED) is 0.422. The van der Waals surface area contributed by atoms with Crippen molar-refractivity contribution in [2.75, 3.05) is 31.2 Å². The minimum Gasteiger partial charge on any atom is -0.378 e. The Bertz CT molecular complexity index is 1390. The molecule has 6 rings (SSSR count). The van der Waals surface area contributed by atoms with E-state index < -0.39 is 0 Å². The molecule has 2 aromatic carbocycles. The van der Waals surface area contributed by atoms with Crippen molar-refractivity contribution in [2.24, 2.45) is 0 Å². The second-order valence-electron chi connectivity index (χ2n) is 8.07. The Hall–Kier alpha value is -4.03. The van der Waals surface area contributed by atoms with E-state index in [1.54, 1.807) is 6.20 Å². The first-order chi connectivity index (χ1) is 16.4. The SMILES string of the molecule is c1ccc(-c2ccccc2-c2cc(N3CCOCC3)nc3c(-c4ccn[nH]4)nccc23)cc1. The Morgan fingerprint density at radius 1 is 0.788 bits per heavy atom. The summed E-state index contributed by atoms with van der Waals surface area (Å²) in [5.74, 6) is 0.942. The molecule has 1 aliphatic heterocycles. The predicted molar refractivity (Wildman–Crippen MR) is 131 cm³/mol. The summed E-state index contributed by atoms with van der Waals surface area (Å²) < 4.78 is 5.59. The Labute approximate surface area is 191 Å². The number of ether oxygens (including phenoxy) is 1. The largest absolute Gasteiger partial charge is 0.378 e. The third-order valence-electron chi connectivity index (χ3n) is 6.11. The Morgan fingerprint density at radius 3 is 2.36 bits per heavy atom. The minimum absolute atomic E-state index is 0.704. The van der Waals surface area contributed by atoms with Gasteiger partial charge in [-0.2, -0.15) is 5.10 Å². The van der Waals surface area contributed by atoms with Crippen LogP contribution in [0.3, 0.4) is 0 Å². The normalized spacial score (nSPS) is 14.0. The molecule has 0 unspecified atom stereocenters. The van der Waals surface area contributed by atoms with Gasteiger partial charge in [0.1, 0.15) is 17.0 Å². The summed E-state index contributed by atoms with van der Waals surface area (Å²) in [6, 6.07) is 25.3. The number of pyridine rings is 2. The third-order valence-corrected chi connectivity index (χ3v) is 6.11. The van der Waals surface area contributed by atoms with Crippen LogP contribution < -0.4 is 4.90 Å². The predicted octanol–water partition coefficient (Wildman–Crippen LogP) is 5.19. The van der Waals surface area contributed by atoms with Gasteiger partial charge >= 0.3 is 0 Å². The molecule has 0 saturated carbocycles. The Balaban J connectivity index is 1.63. The van der Waals surface area contributed by atoms with Crippen molar-refractivity contribution >= 4 is 16.7 Å². The van der Waals surface area contributed by atoms with Gasteiger partial charge in [-0.1, -0.05) is 54.6 Å². The lowest BCUT2D eigenvalue weighted by atomic mass is 9.92. The number of morpholine rings is 1. The van der Waals surface area contributed by atoms with E-state index in [4.69, 9.17) is 9.72 Å². The fourth-order valence-electron chi connectivity index (χ4n) is 4.49. The lowest BCUT2D eigenvalue weighted by Crippen LogP contribution is -2.36. The van der Waals surface area contributed by atoms with E-state index in [1.807, 2.05) is 18.3 Å². The summed E-state index contributed by atoms with van der Waals surface area (Å²) in [4.78, 5) is 12.1. The number of aromatic nitrogens is 4. The van der Waals surface area contributed by atoms with Gasteiger partial charge in [-0.3, -0.25) is 10.1 Å². The van der Waals surface area contributed by atoms with Gasteiger partial charge in [-0.05, 0) is 40.5 Å². The van der Waals surface area contributed by atoms with E-state index in [9.17, 15) is 0 Å². The van der Waals surface area contributed by atoms with E-state index >= 15 is 0 Å². The highest BCUT2D eigenvalue weighted by atomic mass is 16.5. The van der Waals surface area contributed by atoms with Crippen LogP contribution in [0.25, 0.3) is 44.5 Å². The maximum absolute atomic E-state index is 5.59. The molecule has 0 atom stereocenters. The highest BCUT2D eigenvalue weighted by Crippen LogP contribution is 2.39. The van der Waals surface area contributed by atoms with Crippen molar-refractivity contribution in [3.05, 3.63) is 85.2 Å². The van der Waals surface area contributed by atoms with Crippen LogP contribution in [-0.2, 0) is 4.74 Å². The number of fused-ring (bicyclic) bond motifs is 1. The summed E-state index contributed by atoms with van der Waals surface area (Å²) in [7, 11) is 0. The van der Waals surface area contributed by atoms with Crippen LogP contribution in [0.5, 0.6) is 0 Å². The molecular weight excluding hydrogens is 410 g/mol. The maximum atomic E-state index is 5.59. The van der Waals surface area contributed by atoms with E-state index in [0.29, 0.717) is 13.2 Å². The standard InChI is InChI=1S/C27H23N5O/c1-2-6-19(7-3-1)20-8-4-5-9-21(20)23-18-25(32-14-16-33-17-15-32)30-26-22(23)10-12-28-27(26)24-11-13-29-31-24/h1-13,18H,14-17H2,(H,29,31). The summed E-state index contributed by atoms with van der Waals surface area (Å²) >= 11 is 0. The van der Waals surface area contributed by atoms with Gasteiger partial charge in [0.2, 0.25) is 0 Å². The van der Waals surface area contributed by atoms with Crippen LogP contribution in [0.2, 0.25) is 0 Å². The lowest BCUT2D eigenvalue weighted by Gasteiger charge is -2.29. The number of rotatable bonds is 4. The van der Waals surface area contributed by atoms with Gasteiger partial charge in [0.25, 0.3) is 0 Å². The van der Waals surface area contributed by atoms with Gasteiger partial charge in [-0.15, -0.1) is 0 Å². The van der Waals surface area contributed by atoms with Crippen LogP contribution in [-0.4, -0.2) is 46.5 Å². The zero-order valence-corrected chi connectivity index (χ0v) is 18.1. The molecule has 1 fully saturated rings. The molecule has 33 heavy (non-hydrogen) atoms. The molecule has 1 aliphatic rings. The molecule has 0 aliphatic carbocycles. The van der Waals surface area contributed by atoms with Crippen LogP contribution in [0.15, 0.2) is 85.2 Å². The number of H-pyrrole nitrogens is 1. The summed E-state index contributed by atoms with van der Waals surface area (Å²) in [5.41, 5.74) is 7.22. The molecular formula is C27H23N5O. The number of nitrogens with one attached hydrogen (secondary N) is 1. The van der Waals surface area contributed by atoms with Crippen LogP contribution in [0, 0.1) is 0 Å². The van der Waals surface area contributed by atoms with Crippen LogP contribution >= 0.6 is 0 Å². The molecule has 4 heterocycles. The smallest absolute Gasteiger partial charge is 0.130 e. The van der Waals surface area contributed by atoms with E-state index in [1.165, 1.54) is 16.7 Å². The molecule has 1 saturated heterocycles. The lowest BCUT2D eigenvalue weighted by molar-refractivity contribution is 0.122. The molecule has 0 spiro atoms. The number of aromatic amines is 1. The van der Waals surface area contributed by atoms with E-state index in [-0.39, 0.29) is 0 Å². The number of benzene rings is 2. The Kier molecular flexibility index (Phi) is 5.05. The van der Waals surface area contributed by atoms with Crippen molar-refractivity contribution in [2.45, 2.75) is 0 Å². The maximum Gasteiger partial charge on any atom is 0.130 e. The molecule has 6 nitrogen and oxygen atoms in total. The molecule has 6 heteroatoms. The van der Waals surface area contributed by atoms with E-state index in [0.717, 1.165) is 46.8 Å². The first kappa shape index (κ1) is 19.6. The van der Waals surface area contributed by atoms with Crippen LogP contribution in [0.1, 0.15) is 0 Å². The minimum atomic E-state index is 0.704. The molecule has 0 bridgehead atoms. The number of hydrogen-bond donors (Lipinski definition) is 1. The van der Waals surface area contributed by atoms with Crippen molar-refractivity contribution in [1.29, 1.82) is 0 Å². The van der Waals surface area contributed by atoms with Gasteiger partial charge in [0.15, 0.2) is 0 Å². The van der Waals surface area contributed by atoms with Gasteiger partial charge in [-0.25, -0.2) is 4.98 Å². The first-order valence-corrected chi connectivity index (χ1v) is 11.2. The van der Waals surface area contributed by atoms with Gasteiger partial charge in [0.05, 0.1) is 18.9 Å². The zero-order valence-electron chi connectivity index (χ0n) is 18.1. The Morgan fingerprint density at radius 2 is 1.58 bits per heavy atom. The zero-order chi connectivity index (χ0) is 22.0. The fourth-order valence-corrected chi connectivity index (χ4v) is 4.49. The number of nitrogens with zero attached hydrogens (tertiary/aromatic N) is 4. The highest BCUT2D eigenvalue weighted by Gasteiger charge is 2.20.